The molecule has 1 heterocycles. The van der Waals surface area contributed by atoms with Crippen molar-refractivity contribution < 1.29 is 24.5 Å². The average Bonchev–Trinajstić information content (AvgIpc) is 1.94. The summed E-state index contributed by atoms with van der Waals surface area (Å²) in [6.07, 6.45) is 1.54. The van der Waals surface area contributed by atoms with E-state index in [4.69, 9.17) is 5.11 Å². The number of nitrogens with zero attached hydrogens (tertiary/aromatic N) is 1. The summed E-state index contributed by atoms with van der Waals surface area (Å²) >= 11 is 1.47. The fourth-order valence-electron chi connectivity index (χ4n) is 0.354. The molecule has 0 saturated carbocycles. The Bertz CT molecular complexity index is 147. The van der Waals surface area contributed by atoms with Crippen molar-refractivity contribution in [2.24, 2.45) is 0 Å². The SMILES string of the molecule is Oc1ccccn1.[Cl][Ti]. The molecular weight excluding hydrogens is 173 g/mol. The molecule has 1 N–H and O–H groups in total. The molecule has 0 aliphatic carbocycles. The van der Waals surface area contributed by atoms with Crippen LogP contribution < -0.4 is 0 Å². The monoisotopic (exact) mass is 178 g/mol. The van der Waals surface area contributed by atoms with Crippen LogP contribution in [0.2, 0.25) is 0 Å². The summed E-state index contributed by atoms with van der Waals surface area (Å²) in [5.41, 5.74) is 0. The van der Waals surface area contributed by atoms with E-state index in [0.29, 0.717) is 0 Å². The summed E-state index contributed by atoms with van der Waals surface area (Å²) < 4.78 is 0. The third kappa shape index (κ3) is 4.46. The van der Waals surface area contributed by atoms with Crippen molar-refractivity contribution in [1.82, 2.24) is 4.98 Å². The zero-order valence-electron chi connectivity index (χ0n) is 4.58. The van der Waals surface area contributed by atoms with Gasteiger partial charge < -0.3 is 5.11 Å². The molecule has 0 radical (unpaired) electrons. The summed E-state index contributed by atoms with van der Waals surface area (Å²) in [6.45, 7) is 0. The Labute approximate surface area is 69.2 Å². The molecule has 0 spiro atoms. The Kier molecular flexibility index (Phi) is 6.05. The van der Waals surface area contributed by atoms with Crippen molar-refractivity contribution in [3.05, 3.63) is 24.4 Å². The fourth-order valence-corrected chi connectivity index (χ4v) is 0.354. The standard InChI is InChI=1S/C5H5NO.ClH.Ti/c7-5-3-1-2-4-6-5;;/h1-4H,(H,6,7);1H;/q;;+1/p-1. The van der Waals surface area contributed by atoms with Crippen molar-refractivity contribution in [3.8, 4) is 5.88 Å². The van der Waals surface area contributed by atoms with Gasteiger partial charge >= 0.3 is 28.7 Å². The van der Waals surface area contributed by atoms with E-state index in [0.717, 1.165) is 0 Å². The van der Waals surface area contributed by atoms with Crippen molar-refractivity contribution in [1.29, 1.82) is 0 Å². The van der Waals surface area contributed by atoms with E-state index in [1.165, 1.54) is 31.6 Å². The molecule has 0 aromatic carbocycles. The number of aromatic nitrogens is 1. The fraction of sp³-hybridized carbons (Fsp3) is 0. The summed E-state index contributed by atoms with van der Waals surface area (Å²) in [7, 11) is 4.64. The van der Waals surface area contributed by atoms with Crippen LogP contribution in [0, 0.1) is 0 Å². The predicted octanol–water partition coefficient (Wildman–Crippen LogP) is 1.47. The zero-order valence-corrected chi connectivity index (χ0v) is 6.90. The van der Waals surface area contributed by atoms with E-state index in [1.807, 2.05) is 0 Å². The van der Waals surface area contributed by atoms with E-state index in [-0.39, 0.29) is 5.88 Å². The Morgan fingerprint density at radius 2 is 2.11 bits per heavy atom. The van der Waals surface area contributed by atoms with Crippen molar-refractivity contribution in [3.63, 3.8) is 0 Å². The molecule has 0 aliphatic heterocycles. The second-order valence-corrected chi connectivity index (χ2v) is 1.19. The number of halogens is 1. The molecule has 0 bridgehead atoms. The summed E-state index contributed by atoms with van der Waals surface area (Å²) in [6, 6.07) is 5.00. The van der Waals surface area contributed by atoms with Gasteiger partial charge in [0.05, 0.1) is 0 Å². The summed E-state index contributed by atoms with van der Waals surface area (Å²) in [5.74, 6) is 0.0718. The first-order valence-corrected chi connectivity index (χ1v) is 4.33. The molecule has 2 nitrogen and oxygen atoms in total. The van der Waals surface area contributed by atoms with Gasteiger partial charge in [-0.1, -0.05) is 6.07 Å². The van der Waals surface area contributed by atoms with Gasteiger partial charge in [-0.05, 0) is 6.07 Å². The van der Waals surface area contributed by atoms with Gasteiger partial charge in [0.15, 0.2) is 0 Å². The van der Waals surface area contributed by atoms with Crippen molar-refractivity contribution in [2.75, 3.05) is 0 Å². The molecule has 0 atom stereocenters. The molecule has 0 aliphatic rings. The van der Waals surface area contributed by atoms with Crippen LogP contribution in [0.3, 0.4) is 0 Å². The molecule has 1 aromatic heterocycles. The van der Waals surface area contributed by atoms with E-state index < -0.39 is 0 Å². The third-order valence-corrected chi connectivity index (χ3v) is 0.649. The Morgan fingerprint density at radius 1 is 1.44 bits per heavy atom. The Morgan fingerprint density at radius 3 is 2.33 bits per heavy atom. The summed E-state index contributed by atoms with van der Waals surface area (Å²) in [5, 5.41) is 8.52. The first-order chi connectivity index (χ1) is 4.39. The topological polar surface area (TPSA) is 33.1 Å². The van der Waals surface area contributed by atoms with Crippen LogP contribution in [-0.2, 0) is 19.4 Å². The minimum atomic E-state index is 0.0718. The number of aromatic hydroxyl groups is 1. The van der Waals surface area contributed by atoms with Gasteiger partial charge in [-0.2, -0.15) is 0 Å². The van der Waals surface area contributed by atoms with Gasteiger partial charge in [-0.15, -0.1) is 0 Å². The third-order valence-electron chi connectivity index (χ3n) is 0.649. The van der Waals surface area contributed by atoms with Crippen molar-refractivity contribution in [2.45, 2.75) is 0 Å². The van der Waals surface area contributed by atoms with Crippen LogP contribution in [0.4, 0.5) is 0 Å². The Hall–Kier alpha value is -0.0457. The zero-order chi connectivity index (χ0) is 7.11. The quantitative estimate of drug-likeness (QED) is 0.611. The van der Waals surface area contributed by atoms with E-state index >= 15 is 0 Å². The van der Waals surface area contributed by atoms with Gasteiger partial charge in [0.1, 0.15) is 0 Å². The molecular formula is C5H5ClNOTi. The Balaban J connectivity index is 0.000000291. The van der Waals surface area contributed by atoms with Gasteiger partial charge in [-0.3, -0.25) is 0 Å². The first-order valence-electron chi connectivity index (χ1n) is 2.18. The van der Waals surface area contributed by atoms with E-state index in [1.54, 1.807) is 12.1 Å². The predicted molar refractivity (Wildman–Crippen MR) is 31.8 cm³/mol. The van der Waals surface area contributed by atoms with Crippen LogP contribution in [0.25, 0.3) is 0 Å². The van der Waals surface area contributed by atoms with Gasteiger partial charge in [-0.25, -0.2) is 4.98 Å². The molecule has 0 unspecified atom stereocenters. The molecule has 4 heteroatoms. The molecule has 0 saturated heterocycles. The maximum atomic E-state index is 8.52. The van der Waals surface area contributed by atoms with Crippen LogP contribution in [-0.4, -0.2) is 10.1 Å². The van der Waals surface area contributed by atoms with Crippen LogP contribution in [0.15, 0.2) is 24.4 Å². The minimum absolute atomic E-state index is 0.0718. The van der Waals surface area contributed by atoms with E-state index in [2.05, 4.69) is 14.3 Å². The molecule has 1 rings (SSSR count). The normalized spacial score (nSPS) is 7.11. The molecule has 0 amide bonds. The number of pyridine rings is 1. The molecule has 1 aromatic rings. The second kappa shape index (κ2) is 6.08. The average molecular weight is 178 g/mol. The second-order valence-electron chi connectivity index (χ2n) is 1.19. The van der Waals surface area contributed by atoms with Crippen LogP contribution >= 0.6 is 9.30 Å². The van der Waals surface area contributed by atoms with Gasteiger partial charge in [0, 0.05) is 12.3 Å². The number of hydrogen-bond acceptors (Lipinski definition) is 2. The first kappa shape index (κ1) is 8.95. The molecule has 47 valence electrons. The maximum absolute atomic E-state index is 8.52. The van der Waals surface area contributed by atoms with Gasteiger partial charge in [0.2, 0.25) is 5.88 Å². The van der Waals surface area contributed by atoms with Crippen LogP contribution in [0.5, 0.6) is 5.88 Å². The van der Waals surface area contributed by atoms with Crippen LogP contribution in [0.1, 0.15) is 0 Å². The van der Waals surface area contributed by atoms with Crippen molar-refractivity contribution >= 4 is 9.30 Å². The summed E-state index contributed by atoms with van der Waals surface area (Å²) in [4.78, 5) is 3.53. The molecule has 0 fully saturated rings. The number of rotatable bonds is 0. The van der Waals surface area contributed by atoms with Gasteiger partial charge in [0.25, 0.3) is 0 Å². The molecule has 9 heavy (non-hydrogen) atoms. The van der Waals surface area contributed by atoms with E-state index in [9.17, 15) is 0 Å². The number of hydrogen-bond donors (Lipinski definition) is 1.